The van der Waals surface area contributed by atoms with Crippen molar-refractivity contribution < 1.29 is 0 Å². The summed E-state index contributed by atoms with van der Waals surface area (Å²) >= 11 is 0. The van der Waals surface area contributed by atoms with E-state index in [4.69, 9.17) is 0 Å². The fourth-order valence-electron chi connectivity index (χ4n) is 11.9. The van der Waals surface area contributed by atoms with Crippen LogP contribution in [0.25, 0.3) is 33.4 Å². The first-order valence-electron chi connectivity index (χ1n) is 20.1. The van der Waals surface area contributed by atoms with Crippen LogP contribution in [-0.2, 0) is 16.2 Å². The van der Waals surface area contributed by atoms with E-state index in [0.717, 1.165) is 17.8 Å². The molecule has 5 aliphatic carbocycles. The van der Waals surface area contributed by atoms with Gasteiger partial charge in [-0.1, -0.05) is 133 Å². The molecule has 0 aliphatic heterocycles. The first-order chi connectivity index (χ1) is 25.5. The van der Waals surface area contributed by atoms with Gasteiger partial charge in [-0.3, -0.25) is 0 Å². The summed E-state index contributed by atoms with van der Waals surface area (Å²) in [6, 6.07) is 47.3. The van der Waals surface area contributed by atoms with E-state index in [1.807, 2.05) is 0 Å². The Bertz CT molecular complexity index is 2420. The van der Waals surface area contributed by atoms with Crippen molar-refractivity contribution in [3.05, 3.63) is 160 Å². The molecular weight excluding hydrogens is 639 g/mol. The highest BCUT2D eigenvalue weighted by molar-refractivity contribution is 5.90. The third kappa shape index (κ3) is 4.26. The van der Waals surface area contributed by atoms with Crippen LogP contribution >= 0.6 is 0 Å². The molecule has 11 rings (SSSR count). The second-order valence-electron chi connectivity index (χ2n) is 18.6. The third-order valence-corrected chi connectivity index (χ3v) is 14.8. The van der Waals surface area contributed by atoms with Crippen LogP contribution < -0.4 is 4.90 Å². The van der Waals surface area contributed by atoms with Crippen molar-refractivity contribution >= 4 is 17.1 Å². The van der Waals surface area contributed by atoms with Gasteiger partial charge in [-0.15, -0.1) is 0 Å². The minimum absolute atomic E-state index is 0.0761. The number of fused-ring (bicyclic) bond motifs is 11. The van der Waals surface area contributed by atoms with Crippen molar-refractivity contribution in [3.8, 4) is 33.4 Å². The third-order valence-electron chi connectivity index (χ3n) is 14.8. The van der Waals surface area contributed by atoms with E-state index in [9.17, 15) is 0 Å². The largest absolute Gasteiger partial charge is 0.310 e. The Kier molecular flexibility index (Phi) is 6.34. The van der Waals surface area contributed by atoms with Crippen molar-refractivity contribution in [2.24, 2.45) is 11.8 Å². The zero-order valence-electron chi connectivity index (χ0n) is 32.1. The second kappa shape index (κ2) is 10.6. The Hall–Kier alpha value is -4.88. The molecule has 3 unspecified atom stereocenters. The van der Waals surface area contributed by atoms with E-state index in [-0.39, 0.29) is 16.2 Å². The number of rotatable bonds is 4. The second-order valence-corrected chi connectivity index (χ2v) is 18.6. The molecule has 3 atom stereocenters. The molecule has 1 nitrogen and oxygen atoms in total. The molecule has 0 aromatic heterocycles. The number of nitrogens with zero attached hydrogens (tertiary/aromatic N) is 1. The van der Waals surface area contributed by atoms with E-state index < -0.39 is 0 Å². The Morgan fingerprint density at radius 2 is 0.830 bits per heavy atom. The van der Waals surface area contributed by atoms with Crippen LogP contribution in [0.3, 0.4) is 0 Å². The van der Waals surface area contributed by atoms with Gasteiger partial charge in [0.2, 0.25) is 0 Å². The van der Waals surface area contributed by atoms with Gasteiger partial charge < -0.3 is 4.90 Å². The summed E-state index contributed by atoms with van der Waals surface area (Å²) in [6.45, 7) is 14.5. The van der Waals surface area contributed by atoms with E-state index in [2.05, 4.69) is 168 Å². The number of benzene rings is 6. The summed E-state index contributed by atoms with van der Waals surface area (Å²) in [5, 5.41) is 0. The van der Waals surface area contributed by atoms with Crippen LogP contribution in [0.1, 0.15) is 112 Å². The van der Waals surface area contributed by atoms with Crippen LogP contribution in [-0.4, -0.2) is 0 Å². The molecule has 0 saturated heterocycles. The molecule has 5 aliphatic rings. The van der Waals surface area contributed by atoms with Gasteiger partial charge in [-0.05, 0) is 146 Å². The summed E-state index contributed by atoms with van der Waals surface area (Å²) in [6.07, 6.45) is 5.71. The molecule has 0 spiro atoms. The van der Waals surface area contributed by atoms with E-state index in [0.29, 0.717) is 0 Å². The minimum atomic E-state index is -0.0802. The van der Waals surface area contributed by atoms with Crippen LogP contribution in [0, 0.1) is 11.8 Å². The SMILES string of the molecule is CC1(C)c2ccccc2-c2ccc(N(c3ccc4c(c3)C(C)(C)c3ccccc3-4)c3ccc4c(c3)C(C)(C)c3cc(C5CC6CCC5C6)ccc3-4)cc21. The molecule has 6 aromatic carbocycles. The van der Waals surface area contributed by atoms with Crippen LogP contribution in [0.15, 0.2) is 121 Å². The van der Waals surface area contributed by atoms with Gasteiger partial charge in [-0.2, -0.15) is 0 Å². The summed E-state index contributed by atoms with van der Waals surface area (Å²) in [5.41, 5.74) is 21.8. The fraction of sp³-hybridized carbons (Fsp3) is 0.308. The zero-order chi connectivity index (χ0) is 36.0. The Labute approximate surface area is 315 Å². The minimum Gasteiger partial charge on any atom is -0.310 e. The van der Waals surface area contributed by atoms with Crippen molar-refractivity contribution in [2.75, 3.05) is 4.90 Å². The summed E-state index contributed by atoms with van der Waals surface area (Å²) in [4.78, 5) is 2.54. The lowest BCUT2D eigenvalue weighted by Gasteiger charge is -2.31. The van der Waals surface area contributed by atoms with Gasteiger partial charge in [0.1, 0.15) is 0 Å². The molecule has 0 radical (unpaired) electrons. The van der Waals surface area contributed by atoms with Crippen LogP contribution in [0.5, 0.6) is 0 Å². The summed E-state index contributed by atoms with van der Waals surface area (Å²) in [7, 11) is 0. The maximum Gasteiger partial charge on any atom is 0.0465 e. The van der Waals surface area contributed by atoms with E-state index >= 15 is 0 Å². The van der Waals surface area contributed by atoms with Crippen LogP contribution in [0.4, 0.5) is 17.1 Å². The van der Waals surface area contributed by atoms with Gasteiger partial charge >= 0.3 is 0 Å². The number of hydrogen-bond acceptors (Lipinski definition) is 1. The van der Waals surface area contributed by atoms with Gasteiger partial charge in [0.15, 0.2) is 0 Å². The molecule has 0 heterocycles. The maximum absolute atomic E-state index is 2.61. The maximum atomic E-state index is 2.61. The summed E-state index contributed by atoms with van der Waals surface area (Å²) < 4.78 is 0. The predicted molar refractivity (Wildman–Crippen MR) is 222 cm³/mol. The standard InChI is InChI=1S/C52H49N/c1-50(2)44-13-9-7-11-37(44)40-22-18-34(28-47(40)50)53(35-19-23-41-38-12-8-10-14-45(38)51(3,4)48(41)29-35)36-20-24-42-39-21-17-33(43-26-31-15-16-32(43)25-31)27-46(39)52(5,6)49(42)30-36/h7-14,17-24,27-32,43H,15-16,25-26H2,1-6H3. The molecule has 0 amide bonds. The highest BCUT2D eigenvalue weighted by atomic mass is 15.1. The molecule has 2 fully saturated rings. The molecule has 53 heavy (non-hydrogen) atoms. The van der Waals surface area contributed by atoms with Crippen molar-refractivity contribution in [1.29, 1.82) is 0 Å². The Morgan fingerprint density at radius 3 is 1.28 bits per heavy atom. The average Bonchev–Trinajstić information content (AvgIpc) is 3.95. The van der Waals surface area contributed by atoms with Gasteiger partial charge in [0.25, 0.3) is 0 Å². The first-order valence-corrected chi connectivity index (χ1v) is 20.1. The topological polar surface area (TPSA) is 3.24 Å². The molecule has 2 saturated carbocycles. The number of anilines is 3. The van der Waals surface area contributed by atoms with E-state index in [1.54, 1.807) is 5.56 Å². The molecule has 2 bridgehead atoms. The molecule has 1 heteroatoms. The molecule has 262 valence electrons. The highest BCUT2D eigenvalue weighted by Crippen LogP contribution is 2.57. The zero-order valence-corrected chi connectivity index (χ0v) is 32.1. The highest BCUT2D eigenvalue weighted by Gasteiger charge is 2.43. The molecular formula is C52H49N. The molecule has 6 aromatic rings. The first kappa shape index (κ1) is 31.6. The lowest BCUT2D eigenvalue weighted by atomic mass is 9.78. The summed E-state index contributed by atoms with van der Waals surface area (Å²) in [5.74, 6) is 2.59. The predicted octanol–water partition coefficient (Wildman–Crippen LogP) is 14.0. The monoisotopic (exact) mass is 687 g/mol. The number of hydrogen-bond donors (Lipinski definition) is 0. The van der Waals surface area contributed by atoms with Crippen molar-refractivity contribution in [3.63, 3.8) is 0 Å². The average molecular weight is 688 g/mol. The quantitative estimate of drug-likeness (QED) is 0.178. The fourth-order valence-corrected chi connectivity index (χ4v) is 11.9. The van der Waals surface area contributed by atoms with Gasteiger partial charge in [-0.25, -0.2) is 0 Å². The van der Waals surface area contributed by atoms with Gasteiger partial charge in [0.05, 0.1) is 0 Å². The molecule has 0 N–H and O–H groups in total. The van der Waals surface area contributed by atoms with Crippen LogP contribution in [0.2, 0.25) is 0 Å². The lowest BCUT2D eigenvalue weighted by molar-refractivity contribution is 0.419. The lowest BCUT2D eigenvalue weighted by Crippen LogP contribution is -2.19. The Morgan fingerprint density at radius 1 is 0.415 bits per heavy atom. The Balaban J connectivity index is 1.06. The van der Waals surface area contributed by atoms with Gasteiger partial charge in [0, 0.05) is 33.3 Å². The normalized spacial score (nSPS) is 22.5. The van der Waals surface area contributed by atoms with E-state index in [1.165, 1.54) is 110 Å². The smallest absolute Gasteiger partial charge is 0.0465 e. The van der Waals surface area contributed by atoms with Crippen molar-refractivity contribution in [2.45, 2.75) is 89.4 Å². The van der Waals surface area contributed by atoms with Crippen molar-refractivity contribution in [1.82, 2.24) is 0 Å².